The zero-order chi connectivity index (χ0) is 12.3. The third-order valence-corrected chi connectivity index (χ3v) is 6.83. The van der Waals surface area contributed by atoms with Crippen LogP contribution in [0.3, 0.4) is 0 Å². The Bertz CT molecular complexity index is 477. The molecule has 0 saturated carbocycles. The van der Waals surface area contributed by atoms with Crippen LogP contribution in [0.1, 0.15) is 6.42 Å². The van der Waals surface area contributed by atoms with Gasteiger partial charge in [-0.05, 0) is 0 Å². The van der Waals surface area contributed by atoms with Crippen LogP contribution in [0.2, 0.25) is 0 Å². The van der Waals surface area contributed by atoms with Crippen LogP contribution >= 0.6 is 0 Å². The van der Waals surface area contributed by atoms with E-state index in [1.807, 2.05) is 0 Å². The molecule has 1 atom stereocenters. The summed E-state index contributed by atoms with van der Waals surface area (Å²) in [5.41, 5.74) is 0. The second-order valence-electron chi connectivity index (χ2n) is 3.23. The molecule has 90 valence electrons. The summed E-state index contributed by atoms with van der Waals surface area (Å²) in [6.45, 7) is 0. The molecule has 0 radical (unpaired) electrons. The summed E-state index contributed by atoms with van der Waals surface area (Å²) in [7, 11) is -10.2. The molecule has 4 nitrogen and oxygen atoms in total. The van der Waals surface area contributed by atoms with E-state index in [0.717, 1.165) is 0 Å². The molecule has 0 amide bonds. The first-order valence-electron chi connectivity index (χ1n) is 3.52. The predicted octanol–water partition coefficient (Wildman–Crippen LogP) is 0.404. The van der Waals surface area contributed by atoms with Gasteiger partial charge in [0.2, 0.25) is 9.84 Å². The van der Waals surface area contributed by atoms with E-state index in [1.54, 1.807) is 0 Å². The summed E-state index contributed by atoms with van der Waals surface area (Å²) in [5.74, 6) is -4.85. The van der Waals surface area contributed by atoms with Gasteiger partial charge in [0.25, 0.3) is 0 Å². The molecule has 0 aromatic rings. The molecule has 1 unspecified atom stereocenters. The first-order chi connectivity index (χ1) is 6.34. The highest BCUT2D eigenvalue weighted by Gasteiger charge is 2.76. The Labute approximate surface area is 83.1 Å². The van der Waals surface area contributed by atoms with Crippen molar-refractivity contribution >= 4 is 19.7 Å². The molecule has 1 fully saturated rings. The number of rotatable bonds is 1. The molecule has 0 aromatic heterocycles. The van der Waals surface area contributed by atoms with Crippen molar-refractivity contribution in [3.8, 4) is 0 Å². The fraction of sp³-hybridized carbons (Fsp3) is 1.00. The second-order valence-corrected chi connectivity index (χ2v) is 7.93. The highest BCUT2D eigenvalue weighted by atomic mass is 32.3. The van der Waals surface area contributed by atoms with Crippen molar-refractivity contribution in [2.45, 2.75) is 22.2 Å². The van der Waals surface area contributed by atoms with Gasteiger partial charge in [0.1, 0.15) is 0 Å². The van der Waals surface area contributed by atoms with Crippen LogP contribution < -0.4 is 0 Å². The smallest absolute Gasteiger partial charge is 0.228 e. The highest BCUT2D eigenvalue weighted by molar-refractivity contribution is 8.09. The van der Waals surface area contributed by atoms with Crippen LogP contribution in [-0.4, -0.2) is 38.9 Å². The zero-order valence-electron chi connectivity index (χ0n) is 7.25. The number of hydrogen-bond donors (Lipinski definition) is 0. The van der Waals surface area contributed by atoms with Crippen molar-refractivity contribution < 1.29 is 34.4 Å². The van der Waals surface area contributed by atoms with Crippen molar-refractivity contribution in [2.75, 3.05) is 6.26 Å². The Kier molecular flexibility index (Phi) is 2.41. The van der Waals surface area contributed by atoms with Gasteiger partial charge < -0.3 is 0 Å². The average molecular weight is 270 g/mol. The molecule has 1 saturated heterocycles. The molecule has 15 heavy (non-hydrogen) atoms. The third-order valence-electron chi connectivity index (χ3n) is 2.03. The third kappa shape index (κ3) is 1.53. The van der Waals surface area contributed by atoms with Gasteiger partial charge in [0.05, 0.1) is 6.42 Å². The fourth-order valence-corrected chi connectivity index (χ4v) is 5.17. The van der Waals surface area contributed by atoms with E-state index < -0.39 is 41.9 Å². The number of halogens is 4. The minimum absolute atomic E-state index is 0.326. The van der Waals surface area contributed by atoms with Gasteiger partial charge in [-0.3, -0.25) is 0 Å². The summed E-state index contributed by atoms with van der Waals surface area (Å²) in [5, 5.41) is -5.33. The van der Waals surface area contributed by atoms with Crippen molar-refractivity contribution in [1.82, 2.24) is 0 Å². The van der Waals surface area contributed by atoms with E-state index in [1.165, 1.54) is 0 Å². The van der Waals surface area contributed by atoms with Gasteiger partial charge in [0, 0.05) is 6.26 Å². The van der Waals surface area contributed by atoms with E-state index in [0.29, 0.717) is 6.26 Å². The Morgan fingerprint density at radius 2 is 1.60 bits per heavy atom. The molecule has 10 heteroatoms. The Hall–Kier alpha value is -0.380. The molecule has 0 bridgehead atoms. The van der Waals surface area contributed by atoms with Gasteiger partial charge in [-0.1, -0.05) is 0 Å². The molecule has 1 heterocycles. The fourth-order valence-electron chi connectivity index (χ4n) is 1.19. The number of sulfone groups is 2. The van der Waals surface area contributed by atoms with Crippen LogP contribution in [-0.2, 0) is 19.7 Å². The normalized spacial score (nSPS) is 32.7. The van der Waals surface area contributed by atoms with Crippen LogP contribution in [0.5, 0.6) is 0 Å². The maximum atomic E-state index is 12.7. The second kappa shape index (κ2) is 2.84. The summed E-state index contributed by atoms with van der Waals surface area (Å²) >= 11 is 0. The Balaban J connectivity index is 3.47. The first kappa shape index (κ1) is 12.7. The van der Waals surface area contributed by atoms with Gasteiger partial charge in [-0.15, -0.1) is 0 Å². The number of hydrogen-bond acceptors (Lipinski definition) is 4. The lowest BCUT2D eigenvalue weighted by Gasteiger charge is -2.15. The SMILES string of the molecule is CS(=O)(=O)C1CC(F)(F)C(F)(F)S1(=O)=O. The zero-order valence-corrected chi connectivity index (χ0v) is 8.88. The van der Waals surface area contributed by atoms with Crippen LogP contribution in [0.25, 0.3) is 0 Å². The molecule has 0 aliphatic carbocycles. The standard InChI is InChI=1S/C5H6F4O4S2/c1-14(10,11)3-2-4(6,7)5(8,9)15(3,12)13/h3H,2H2,1H3. The molecular weight excluding hydrogens is 264 g/mol. The van der Waals surface area contributed by atoms with Gasteiger partial charge in [-0.25, -0.2) is 16.8 Å². The van der Waals surface area contributed by atoms with Crippen LogP contribution in [0, 0.1) is 0 Å². The Morgan fingerprint density at radius 3 is 1.73 bits per heavy atom. The monoisotopic (exact) mass is 270 g/mol. The molecule has 0 aromatic carbocycles. The van der Waals surface area contributed by atoms with E-state index in [9.17, 15) is 34.4 Å². The van der Waals surface area contributed by atoms with E-state index in [2.05, 4.69) is 0 Å². The predicted molar refractivity (Wildman–Crippen MR) is 42.1 cm³/mol. The average Bonchev–Trinajstić information content (AvgIpc) is 2.07. The molecule has 1 aliphatic rings. The molecule has 1 rings (SSSR count). The number of alkyl halides is 4. The van der Waals surface area contributed by atoms with E-state index >= 15 is 0 Å². The van der Waals surface area contributed by atoms with Crippen molar-refractivity contribution in [2.24, 2.45) is 0 Å². The molecule has 0 N–H and O–H groups in total. The maximum Gasteiger partial charge on any atom is 0.408 e. The lowest BCUT2D eigenvalue weighted by atomic mass is 10.3. The maximum absolute atomic E-state index is 12.7. The van der Waals surface area contributed by atoms with Crippen LogP contribution in [0.4, 0.5) is 17.6 Å². The van der Waals surface area contributed by atoms with E-state index in [-0.39, 0.29) is 0 Å². The van der Waals surface area contributed by atoms with Crippen molar-refractivity contribution in [1.29, 1.82) is 0 Å². The topological polar surface area (TPSA) is 68.3 Å². The van der Waals surface area contributed by atoms with Crippen molar-refractivity contribution in [3.05, 3.63) is 0 Å². The molecule has 0 spiro atoms. The first-order valence-corrected chi connectivity index (χ1v) is 7.02. The van der Waals surface area contributed by atoms with Gasteiger partial charge in [0.15, 0.2) is 14.4 Å². The summed E-state index contributed by atoms with van der Waals surface area (Å²) < 4.78 is 91.1. The van der Waals surface area contributed by atoms with Crippen molar-refractivity contribution in [3.63, 3.8) is 0 Å². The largest absolute Gasteiger partial charge is 0.408 e. The minimum atomic E-state index is -5.70. The lowest BCUT2D eigenvalue weighted by Crippen LogP contribution is -2.40. The van der Waals surface area contributed by atoms with E-state index in [4.69, 9.17) is 0 Å². The van der Waals surface area contributed by atoms with Gasteiger partial charge >= 0.3 is 11.2 Å². The molecule has 1 aliphatic heterocycles. The minimum Gasteiger partial charge on any atom is -0.228 e. The van der Waals surface area contributed by atoms with Crippen LogP contribution in [0.15, 0.2) is 0 Å². The summed E-state index contributed by atoms with van der Waals surface area (Å²) in [6, 6.07) is 0. The Morgan fingerprint density at radius 1 is 1.20 bits per heavy atom. The summed E-state index contributed by atoms with van der Waals surface area (Å²) in [4.78, 5) is 0. The quantitative estimate of drug-likeness (QED) is 0.647. The highest BCUT2D eigenvalue weighted by Crippen LogP contribution is 2.51. The molecular formula is C5H6F4O4S2. The lowest BCUT2D eigenvalue weighted by molar-refractivity contribution is -0.147. The van der Waals surface area contributed by atoms with Gasteiger partial charge in [-0.2, -0.15) is 17.6 Å². The summed E-state index contributed by atoms with van der Waals surface area (Å²) in [6.07, 6.45) is -1.58.